The summed E-state index contributed by atoms with van der Waals surface area (Å²) < 4.78 is 1.64. The van der Waals surface area contributed by atoms with Gasteiger partial charge in [0.25, 0.3) is 5.56 Å². The molecule has 1 aliphatic carbocycles. The topological polar surface area (TPSA) is 64.0 Å². The number of hydrogen-bond acceptors (Lipinski definition) is 5. The van der Waals surface area contributed by atoms with Crippen molar-refractivity contribution in [3.63, 3.8) is 0 Å². The average Bonchev–Trinajstić information content (AvgIpc) is 3.09. The lowest BCUT2D eigenvalue weighted by atomic mass is 9.97. The number of carbonyl (C=O) groups is 1. The van der Waals surface area contributed by atoms with Crippen LogP contribution in [0.4, 0.5) is 5.69 Å². The number of allylic oxidation sites excluding steroid dienone is 1. The fourth-order valence-electron chi connectivity index (χ4n) is 3.89. The normalized spacial score (nSPS) is 13.3. The van der Waals surface area contributed by atoms with Crippen molar-refractivity contribution in [2.75, 3.05) is 11.1 Å². The van der Waals surface area contributed by atoms with Gasteiger partial charge in [0.2, 0.25) is 5.91 Å². The molecule has 30 heavy (non-hydrogen) atoms. The van der Waals surface area contributed by atoms with E-state index in [9.17, 15) is 9.59 Å². The summed E-state index contributed by atoms with van der Waals surface area (Å²) in [5.74, 6) is 0.0740. The van der Waals surface area contributed by atoms with Gasteiger partial charge in [0.15, 0.2) is 5.16 Å². The van der Waals surface area contributed by atoms with Crippen LogP contribution in [-0.2, 0) is 24.2 Å². The molecule has 1 aliphatic rings. The number of benzene rings is 1. The fourth-order valence-corrected chi connectivity index (χ4v) is 6.00. The van der Waals surface area contributed by atoms with Crippen LogP contribution >= 0.6 is 23.1 Å². The van der Waals surface area contributed by atoms with Crippen LogP contribution in [0.15, 0.2) is 40.8 Å². The molecule has 3 aromatic rings. The summed E-state index contributed by atoms with van der Waals surface area (Å²) >= 11 is 2.93. The number of aryl methyl sites for hydroxylation is 4. The molecule has 1 amide bonds. The van der Waals surface area contributed by atoms with Gasteiger partial charge in [-0.3, -0.25) is 14.2 Å². The van der Waals surface area contributed by atoms with Crippen molar-refractivity contribution in [1.82, 2.24) is 9.55 Å². The van der Waals surface area contributed by atoms with Gasteiger partial charge in [0, 0.05) is 17.1 Å². The summed E-state index contributed by atoms with van der Waals surface area (Å²) in [4.78, 5) is 32.7. The summed E-state index contributed by atoms with van der Waals surface area (Å²) in [6, 6.07) is 5.94. The lowest BCUT2D eigenvalue weighted by Gasteiger charge is -2.13. The second-order valence-electron chi connectivity index (χ2n) is 7.65. The molecule has 7 heteroatoms. The highest BCUT2D eigenvalue weighted by molar-refractivity contribution is 7.99. The summed E-state index contributed by atoms with van der Waals surface area (Å²) in [7, 11) is 0. The number of hydrogen-bond donors (Lipinski definition) is 1. The molecule has 0 unspecified atom stereocenters. The maximum absolute atomic E-state index is 13.3. The van der Waals surface area contributed by atoms with E-state index < -0.39 is 0 Å². The van der Waals surface area contributed by atoms with E-state index in [2.05, 4.69) is 11.9 Å². The van der Waals surface area contributed by atoms with Crippen molar-refractivity contribution in [2.24, 2.45) is 0 Å². The van der Waals surface area contributed by atoms with Gasteiger partial charge >= 0.3 is 0 Å². The van der Waals surface area contributed by atoms with E-state index in [1.165, 1.54) is 28.6 Å². The largest absolute Gasteiger partial charge is 0.325 e. The quantitative estimate of drug-likeness (QED) is 0.338. The minimum atomic E-state index is -0.114. The zero-order valence-electron chi connectivity index (χ0n) is 17.3. The molecule has 1 N–H and O–H groups in total. The number of fused-ring (bicyclic) bond motifs is 3. The molecule has 1 aromatic carbocycles. The van der Waals surface area contributed by atoms with Gasteiger partial charge in [0.1, 0.15) is 4.83 Å². The van der Waals surface area contributed by atoms with E-state index in [-0.39, 0.29) is 17.2 Å². The minimum Gasteiger partial charge on any atom is -0.325 e. The molecule has 4 rings (SSSR count). The molecular weight excluding hydrogens is 414 g/mol. The molecule has 0 saturated carbocycles. The fraction of sp³-hybridized carbons (Fsp3) is 0.348. The first kappa shape index (κ1) is 20.9. The van der Waals surface area contributed by atoms with Gasteiger partial charge in [0.05, 0.1) is 11.1 Å². The lowest BCUT2D eigenvalue weighted by molar-refractivity contribution is -0.113. The van der Waals surface area contributed by atoms with Gasteiger partial charge in [-0.05, 0) is 56.7 Å². The summed E-state index contributed by atoms with van der Waals surface area (Å²) in [6.07, 6.45) is 5.96. The molecule has 0 radical (unpaired) electrons. The van der Waals surface area contributed by atoms with Crippen molar-refractivity contribution in [3.05, 3.63) is 62.8 Å². The first-order valence-corrected chi connectivity index (χ1v) is 11.9. The van der Waals surface area contributed by atoms with E-state index in [0.717, 1.165) is 46.3 Å². The zero-order chi connectivity index (χ0) is 21.3. The monoisotopic (exact) mass is 439 g/mol. The summed E-state index contributed by atoms with van der Waals surface area (Å²) in [5, 5.41) is 4.29. The zero-order valence-corrected chi connectivity index (χ0v) is 18.9. The second kappa shape index (κ2) is 8.78. The van der Waals surface area contributed by atoms with Crippen molar-refractivity contribution in [1.29, 1.82) is 0 Å². The number of carbonyl (C=O) groups excluding carboxylic acids is 1. The van der Waals surface area contributed by atoms with Crippen molar-refractivity contribution in [2.45, 2.75) is 51.2 Å². The predicted octanol–water partition coefficient (Wildman–Crippen LogP) is 4.87. The van der Waals surface area contributed by atoms with Gasteiger partial charge in [-0.1, -0.05) is 35.5 Å². The number of anilines is 1. The lowest BCUT2D eigenvalue weighted by Crippen LogP contribution is -2.24. The van der Waals surface area contributed by atoms with Crippen molar-refractivity contribution < 1.29 is 4.79 Å². The Labute approximate surface area is 184 Å². The maximum atomic E-state index is 13.3. The number of nitrogens with zero attached hydrogens (tertiary/aromatic N) is 2. The third-order valence-corrected chi connectivity index (χ3v) is 7.50. The van der Waals surface area contributed by atoms with Crippen LogP contribution in [0.25, 0.3) is 10.2 Å². The number of nitrogens with one attached hydrogen (secondary N) is 1. The SMILES string of the molecule is C=CCn1c(SCC(=O)Nc2ccc(C)cc2C)nc2sc3c(c2c1=O)CCCC3. The molecule has 0 spiro atoms. The standard InChI is InChI=1S/C23H25N3O2S2/c1-4-11-26-22(28)20-16-7-5-6-8-18(16)30-21(20)25-23(26)29-13-19(27)24-17-10-9-14(2)12-15(17)3/h4,9-10,12H,1,5-8,11,13H2,2-3H3,(H,24,27). The van der Waals surface area contributed by atoms with Crippen LogP contribution in [0.5, 0.6) is 0 Å². The van der Waals surface area contributed by atoms with E-state index >= 15 is 0 Å². The van der Waals surface area contributed by atoms with Crippen LogP contribution in [0.3, 0.4) is 0 Å². The van der Waals surface area contributed by atoms with Crippen LogP contribution in [0, 0.1) is 13.8 Å². The first-order chi connectivity index (χ1) is 14.5. The molecule has 5 nitrogen and oxygen atoms in total. The summed E-state index contributed by atoms with van der Waals surface area (Å²) in [6.45, 7) is 8.17. The van der Waals surface area contributed by atoms with E-state index in [4.69, 9.17) is 4.98 Å². The van der Waals surface area contributed by atoms with Crippen LogP contribution in [0.2, 0.25) is 0 Å². The third-order valence-electron chi connectivity index (χ3n) is 5.34. The number of rotatable bonds is 6. The Morgan fingerprint density at radius 1 is 1.33 bits per heavy atom. The van der Waals surface area contributed by atoms with E-state index in [1.807, 2.05) is 32.0 Å². The summed E-state index contributed by atoms with van der Waals surface area (Å²) in [5.41, 5.74) is 4.16. The molecule has 0 bridgehead atoms. The molecule has 0 saturated heterocycles. The number of thiophene rings is 1. The molecule has 2 aromatic heterocycles. The predicted molar refractivity (Wildman–Crippen MR) is 126 cm³/mol. The van der Waals surface area contributed by atoms with E-state index in [1.54, 1.807) is 22.0 Å². The third kappa shape index (κ3) is 4.09. The molecule has 156 valence electrons. The Morgan fingerprint density at radius 3 is 2.90 bits per heavy atom. The Morgan fingerprint density at radius 2 is 2.13 bits per heavy atom. The van der Waals surface area contributed by atoms with Gasteiger partial charge < -0.3 is 5.32 Å². The minimum absolute atomic E-state index is 0.0170. The molecular formula is C23H25N3O2S2. The van der Waals surface area contributed by atoms with Crippen molar-refractivity contribution >= 4 is 44.9 Å². The Hall–Kier alpha value is -2.38. The van der Waals surface area contributed by atoms with Gasteiger partial charge in [-0.2, -0.15) is 0 Å². The smallest absolute Gasteiger partial charge is 0.263 e. The Bertz CT molecular complexity index is 1190. The molecule has 2 heterocycles. The van der Waals surface area contributed by atoms with Gasteiger partial charge in [-0.15, -0.1) is 17.9 Å². The van der Waals surface area contributed by atoms with Crippen molar-refractivity contribution in [3.8, 4) is 0 Å². The maximum Gasteiger partial charge on any atom is 0.263 e. The Balaban J connectivity index is 1.60. The van der Waals surface area contributed by atoms with E-state index in [0.29, 0.717) is 11.7 Å². The van der Waals surface area contributed by atoms with Crippen LogP contribution < -0.4 is 10.9 Å². The highest BCUT2D eigenvalue weighted by Gasteiger charge is 2.22. The number of aromatic nitrogens is 2. The van der Waals surface area contributed by atoms with Crippen LogP contribution in [-0.4, -0.2) is 21.2 Å². The number of amides is 1. The highest BCUT2D eigenvalue weighted by Crippen LogP contribution is 2.34. The average molecular weight is 440 g/mol. The Kier molecular flexibility index (Phi) is 6.11. The first-order valence-electron chi connectivity index (χ1n) is 10.1. The second-order valence-corrected chi connectivity index (χ2v) is 9.67. The molecule has 0 fully saturated rings. The van der Waals surface area contributed by atoms with Gasteiger partial charge in [-0.25, -0.2) is 4.98 Å². The molecule has 0 aliphatic heterocycles. The molecule has 0 atom stereocenters. The number of thioether (sulfide) groups is 1. The highest BCUT2D eigenvalue weighted by atomic mass is 32.2. The van der Waals surface area contributed by atoms with Crippen LogP contribution in [0.1, 0.15) is 34.4 Å².